The number of benzene rings is 1. The molecule has 2 fully saturated rings. The van der Waals surface area contributed by atoms with Crippen LogP contribution < -0.4 is 9.80 Å². The largest absolute Gasteiger partial charge is 0.416 e. The maximum atomic E-state index is 13.1. The van der Waals surface area contributed by atoms with E-state index in [4.69, 9.17) is 4.52 Å². The average Bonchev–Trinajstić information content (AvgIpc) is 3.24. The van der Waals surface area contributed by atoms with E-state index in [9.17, 15) is 18.0 Å². The Bertz CT molecular complexity index is 1180. The van der Waals surface area contributed by atoms with Gasteiger partial charge in [0.05, 0.1) is 11.3 Å². The van der Waals surface area contributed by atoms with E-state index in [0.29, 0.717) is 63.5 Å². The third-order valence-corrected chi connectivity index (χ3v) is 6.70. The number of hydrogen-bond donors (Lipinski definition) is 0. The van der Waals surface area contributed by atoms with E-state index in [1.807, 2.05) is 16.7 Å². The fourth-order valence-corrected chi connectivity index (χ4v) is 4.80. The lowest BCUT2D eigenvalue weighted by Gasteiger charge is -2.39. The first kappa shape index (κ1) is 22.4. The smallest absolute Gasteiger partial charge is 0.368 e. The summed E-state index contributed by atoms with van der Waals surface area (Å²) >= 11 is 0. The highest BCUT2D eigenvalue weighted by atomic mass is 19.4. The third kappa shape index (κ3) is 4.26. The van der Waals surface area contributed by atoms with Gasteiger partial charge in [-0.3, -0.25) is 4.79 Å². The molecular weight excluding hydrogens is 449 g/mol. The molecule has 4 heterocycles. The number of nitrogens with zero attached hydrogens (tertiary/aromatic N) is 6. The van der Waals surface area contributed by atoms with Crippen LogP contribution in [-0.4, -0.2) is 65.2 Å². The van der Waals surface area contributed by atoms with E-state index in [2.05, 4.69) is 20.0 Å². The standard InChI is InChI=1S/C23H25F3N6O2/c1-15-19-20(27-14-28-21(19)34-29-15)31-7-5-16(6-8-31)22(33)32-11-9-30(10-12-32)18-4-2-3-17(13-18)23(24,25)26/h2-4,13-14,16H,5-12H2,1H3. The Kier molecular flexibility index (Phi) is 5.78. The molecule has 0 unspecified atom stereocenters. The van der Waals surface area contributed by atoms with Crippen molar-refractivity contribution in [1.82, 2.24) is 20.0 Å². The molecule has 0 aliphatic carbocycles. The van der Waals surface area contributed by atoms with Gasteiger partial charge in [-0.1, -0.05) is 11.2 Å². The van der Waals surface area contributed by atoms with Crippen LogP contribution in [0.3, 0.4) is 0 Å². The molecule has 0 atom stereocenters. The maximum Gasteiger partial charge on any atom is 0.416 e. The Balaban J connectivity index is 1.18. The molecule has 2 aliphatic rings. The first-order chi connectivity index (χ1) is 16.3. The SMILES string of the molecule is Cc1noc2ncnc(N3CCC(C(=O)N4CCN(c5cccc(C(F)(F)F)c5)CC4)CC3)c12. The molecule has 0 spiro atoms. The van der Waals surface area contributed by atoms with Gasteiger partial charge < -0.3 is 19.2 Å². The molecule has 2 saturated heterocycles. The van der Waals surface area contributed by atoms with E-state index in [1.165, 1.54) is 18.5 Å². The molecule has 34 heavy (non-hydrogen) atoms. The predicted octanol–water partition coefficient (Wildman–Crippen LogP) is 3.51. The van der Waals surface area contributed by atoms with Gasteiger partial charge in [-0.15, -0.1) is 0 Å². The van der Waals surface area contributed by atoms with Crippen molar-refractivity contribution in [3.63, 3.8) is 0 Å². The Morgan fingerprint density at radius 2 is 1.76 bits per heavy atom. The van der Waals surface area contributed by atoms with Crippen molar-refractivity contribution in [1.29, 1.82) is 0 Å². The first-order valence-electron chi connectivity index (χ1n) is 11.3. The quantitative estimate of drug-likeness (QED) is 0.575. The molecule has 8 nitrogen and oxygen atoms in total. The zero-order valence-corrected chi connectivity index (χ0v) is 18.8. The number of piperazine rings is 1. The van der Waals surface area contributed by atoms with Crippen LogP contribution in [-0.2, 0) is 11.0 Å². The fourth-order valence-electron chi connectivity index (χ4n) is 4.80. The summed E-state index contributed by atoms with van der Waals surface area (Å²) in [7, 11) is 0. The molecule has 1 aromatic carbocycles. The monoisotopic (exact) mass is 474 g/mol. The van der Waals surface area contributed by atoms with E-state index in [1.54, 1.807) is 6.07 Å². The number of amides is 1. The fraction of sp³-hybridized carbons (Fsp3) is 0.478. The molecule has 5 rings (SSSR count). The van der Waals surface area contributed by atoms with Crippen molar-refractivity contribution in [2.75, 3.05) is 49.1 Å². The second-order valence-electron chi connectivity index (χ2n) is 8.77. The van der Waals surface area contributed by atoms with Gasteiger partial charge in [-0.25, -0.2) is 4.98 Å². The topological polar surface area (TPSA) is 78.6 Å². The van der Waals surface area contributed by atoms with Gasteiger partial charge in [-0.2, -0.15) is 18.2 Å². The van der Waals surface area contributed by atoms with Crippen molar-refractivity contribution >= 4 is 28.5 Å². The summed E-state index contributed by atoms with van der Waals surface area (Å²) in [6, 6.07) is 5.36. The van der Waals surface area contributed by atoms with Gasteiger partial charge in [0.2, 0.25) is 5.91 Å². The zero-order valence-electron chi connectivity index (χ0n) is 18.8. The number of aromatic nitrogens is 3. The lowest BCUT2D eigenvalue weighted by atomic mass is 9.94. The number of rotatable bonds is 3. The number of halogens is 3. The second-order valence-corrected chi connectivity index (χ2v) is 8.77. The van der Waals surface area contributed by atoms with Gasteiger partial charge >= 0.3 is 6.18 Å². The summed E-state index contributed by atoms with van der Waals surface area (Å²) in [5.74, 6) is 0.832. The van der Waals surface area contributed by atoms with Crippen LogP contribution in [0.15, 0.2) is 35.1 Å². The number of carbonyl (C=O) groups excluding carboxylic acids is 1. The highest BCUT2D eigenvalue weighted by Crippen LogP contribution is 2.33. The molecule has 11 heteroatoms. The minimum Gasteiger partial charge on any atom is -0.368 e. The predicted molar refractivity (Wildman–Crippen MR) is 120 cm³/mol. The Morgan fingerprint density at radius 1 is 1.03 bits per heavy atom. The molecule has 1 amide bonds. The average molecular weight is 474 g/mol. The normalized spacial score (nSPS) is 18.1. The highest BCUT2D eigenvalue weighted by Gasteiger charge is 2.33. The Labute approximate surface area is 194 Å². The molecule has 0 saturated carbocycles. The second kappa shape index (κ2) is 8.77. The lowest BCUT2D eigenvalue weighted by Crippen LogP contribution is -2.51. The molecule has 180 valence electrons. The summed E-state index contributed by atoms with van der Waals surface area (Å²) < 4.78 is 44.3. The van der Waals surface area contributed by atoms with Gasteiger partial charge in [0.1, 0.15) is 17.5 Å². The summed E-state index contributed by atoms with van der Waals surface area (Å²) in [5, 5.41) is 4.78. The summed E-state index contributed by atoms with van der Waals surface area (Å²) in [5.41, 5.74) is 1.08. The number of alkyl halides is 3. The summed E-state index contributed by atoms with van der Waals surface area (Å²) in [6.45, 7) is 5.27. The zero-order chi connectivity index (χ0) is 23.9. The van der Waals surface area contributed by atoms with E-state index < -0.39 is 11.7 Å². The van der Waals surface area contributed by atoms with Crippen molar-refractivity contribution in [2.24, 2.45) is 5.92 Å². The summed E-state index contributed by atoms with van der Waals surface area (Å²) in [4.78, 5) is 27.6. The third-order valence-electron chi connectivity index (χ3n) is 6.70. The van der Waals surface area contributed by atoms with Crippen LogP contribution >= 0.6 is 0 Å². The van der Waals surface area contributed by atoms with E-state index >= 15 is 0 Å². The lowest BCUT2D eigenvalue weighted by molar-refractivity contribution is -0.137. The van der Waals surface area contributed by atoms with Crippen molar-refractivity contribution in [2.45, 2.75) is 25.9 Å². The summed E-state index contributed by atoms with van der Waals surface area (Å²) in [6.07, 6.45) is -1.48. The highest BCUT2D eigenvalue weighted by molar-refractivity contribution is 5.88. The first-order valence-corrected chi connectivity index (χ1v) is 11.3. The molecule has 2 aliphatic heterocycles. The molecule has 0 bridgehead atoms. The molecule has 3 aromatic rings. The Hall–Kier alpha value is -3.37. The van der Waals surface area contributed by atoms with Crippen LogP contribution in [0.2, 0.25) is 0 Å². The van der Waals surface area contributed by atoms with Crippen molar-refractivity contribution in [3.8, 4) is 0 Å². The van der Waals surface area contributed by atoms with Gasteiger partial charge in [0.25, 0.3) is 5.71 Å². The van der Waals surface area contributed by atoms with Crippen LogP contribution in [0.25, 0.3) is 11.1 Å². The van der Waals surface area contributed by atoms with E-state index in [-0.39, 0.29) is 11.8 Å². The minimum absolute atomic E-state index is 0.0720. The van der Waals surface area contributed by atoms with Crippen molar-refractivity contribution in [3.05, 3.63) is 41.9 Å². The number of fused-ring (bicyclic) bond motifs is 1. The molecule has 2 aromatic heterocycles. The molecular formula is C23H25F3N6O2. The van der Waals surface area contributed by atoms with Crippen LogP contribution in [0.5, 0.6) is 0 Å². The minimum atomic E-state index is -4.37. The number of aryl methyl sites for hydroxylation is 1. The van der Waals surface area contributed by atoms with Gasteiger partial charge in [-0.05, 0) is 38.0 Å². The van der Waals surface area contributed by atoms with Crippen LogP contribution in [0, 0.1) is 12.8 Å². The van der Waals surface area contributed by atoms with Crippen molar-refractivity contribution < 1.29 is 22.5 Å². The number of carbonyl (C=O) groups is 1. The number of anilines is 2. The van der Waals surface area contributed by atoms with Crippen LogP contribution in [0.4, 0.5) is 24.7 Å². The van der Waals surface area contributed by atoms with Gasteiger partial charge in [0, 0.05) is 50.9 Å². The maximum absolute atomic E-state index is 13.1. The molecule has 0 radical (unpaired) electrons. The van der Waals surface area contributed by atoms with E-state index in [0.717, 1.165) is 23.0 Å². The van der Waals surface area contributed by atoms with Gasteiger partial charge in [0.15, 0.2) is 0 Å². The van der Waals surface area contributed by atoms with Crippen LogP contribution in [0.1, 0.15) is 24.1 Å². The number of piperidine rings is 1. The number of hydrogen-bond acceptors (Lipinski definition) is 7. The Morgan fingerprint density at radius 3 is 2.47 bits per heavy atom. The molecule has 0 N–H and O–H groups in total.